The van der Waals surface area contributed by atoms with Crippen molar-refractivity contribution in [1.82, 2.24) is 5.32 Å². The Balaban J connectivity index is 1.93. The molecule has 19 heavy (non-hydrogen) atoms. The van der Waals surface area contributed by atoms with Crippen molar-refractivity contribution >= 4 is 0 Å². The van der Waals surface area contributed by atoms with Crippen molar-refractivity contribution < 1.29 is 4.74 Å². The second kappa shape index (κ2) is 7.54. The molecule has 0 amide bonds. The van der Waals surface area contributed by atoms with Gasteiger partial charge in [-0.2, -0.15) is 0 Å². The van der Waals surface area contributed by atoms with Gasteiger partial charge >= 0.3 is 0 Å². The van der Waals surface area contributed by atoms with E-state index in [9.17, 15) is 0 Å². The molecule has 2 rings (SSSR count). The van der Waals surface area contributed by atoms with Gasteiger partial charge in [-0.1, -0.05) is 32.4 Å². The lowest BCUT2D eigenvalue weighted by atomic mass is 9.98. The van der Waals surface area contributed by atoms with Crippen LogP contribution in [0.4, 0.5) is 0 Å². The molecule has 0 saturated heterocycles. The topological polar surface area (TPSA) is 21.3 Å². The Morgan fingerprint density at radius 2 is 1.79 bits per heavy atom. The molecule has 2 nitrogen and oxygen atoms in total. The Labute approximate surface area is 117 Å². The van der Waals surface area contributed by atoms with Crippen LogP contribution in [0.25, 0.3) is 0 Å². The van der Waals surface area contributed by atoms with Gasteiger partial charge in [0.15, 0.2) is 0 Å². The number of hydrogen-bond acceptors (Lipinski definition) is 2. The molecule has 1 aliphatic rings. The molecule has 0 heterocycles. The number of nitrogens with one attached hydrogen (secondary N) is 1. The van der Waals surface area contributed by atoms with Crippen LogP contribution in [0.1, 0.15) is 64.0 Å². The van der Waals surface area contributed by atoms with Crippen molar-refractivity contribution in [2.24, 2.45) is 0 Å². The molecule has 1 fully saturated rings. The second-order valence-electron chi connectivity index (χ2n) is 5.47. The third-order valence-corrected chi connectivity index (χ3v) is 4.00. The summed E-state index contributed by atoms with van der Waals surface area (Å²) in [5.74, 6) is 1.03. The van der Waals surface area contributed by atoms with Crippen molar-refractivity contribution in [3.8, 4) is 5.75 Å². The van der Waals surface area contributed by atoms with E-state index in [0.717, 1.165) is 18.7 Å². The quantitative estimate of drug-likeness (QED) is 0.816. The van der Waals surface area contributed by atoms with E-state index in [2.05, 4.69) is 43.4 Å². The van der Waals surface area contributed by atoms with Crippen molar-refractivity contribution in [2.75, 3.05) is 6.54 Å². The van der Waals surface area contributed by atoms with Crippen molar-refractivity contribution in [1.29, 1.82) is 0 Å². The molecule has 106 valence electrons. The zero-order chi connectivity index (χ0) is 13.5. The minimum atomic E-state index is 0.440. The molecule has 0 radical (unpaired) electrons. The van der Waals surface area contributed by atoms with Crippen LogP contribution < -0.4 is 10.1 Å². The van der Waals surface area contributed by atoms with Crippen LogP contribution in [0, 0.1) is 0 Å². The van der Waals surface area contributed by atoms with Crippen LogP contribution in [0.3, 0.4) is 0 Å². The first kappa shape index (κ1) is 14.4. The summed E-state index contributed by atoms with van der Waals surface area (Å²) in [5, 5.41) is 3.51. The Hall–Kier alpha value is -1.02. The molecule has 1 N–H and O–H groups in total. The summed E-state index contributed by atoms with van der Waals surface area (Å²) >= 11 is 0. The third kappa shape index (κ3) is 4.24. The van der Waals surface area contributed by atoms with Crippen LogP contribution in [-0.2, 0) is 0 Å². The molecule has 2 heteroatoms. The molecule has 0 aliphatic heterocycles. The van der Waals surface area contributed by atoms with Gasteiger partial charge in [-0.05, 0) is 56.3 Å². The molecular formula is C17H27NO. The normalized spacial score (nSPS) is 18.2. The van der Waals surface area contributed by atoms with Crippen molar-refractivity contribution in [3.63, 3.8) is 0 Å². The van der Waals surface area contributed by atoms with Gasteiger partial charge in [0.1, 0.15) is 5.75 Å². The summed E-state index contributed by atoms with van der Waals surface area (Å²) in [6.45, 7) is 5.39. The van der Waals surface area contributed by atoms with E-state index in [-0.39, 0.29) is 0 Å². The predicted octanol–water partition coefficient (Wildman–Crippen LogP) is 4.46. The molecule has 1 saturated carbocycles. The van der Waals surface area contributed by atoms with Crippen molar-refractivity contribution in [2.45, 2.75) is 64.5 Å². The number of ether oxygens (including phenoxy) is 1. The second-order valence-corrected chi connectivity index (χ2v) is 5.47. The molecule has 0 aromatic heterocycles. The van der Waals surface area contributed by atoms with E-state index in [1.807, 2.05) is 0 Å². The molecule has 1 aliphatic carbocycles. The average Bonchev–Trinajstić information content (AvgIpc) is 2.47. The molecule has 1 aromatic rings. The fourth-order valence-corrected chi connectivity index (χ4v) is 2.90. The highest BCUT2D eigenvalue weighted by molar-refractivity contribution is 5.29. The first-order valence-corrected chi connectivity index (χ1v) is 7.83. The van der Waals surface area contributed by atoms with Gasteiger partial charge in [-0.3, -0.25) is 0 Å². The van der Waals surface area contributed by atoms with Gasteiger partial charge in [0.05, 0.1) is 6.10 Å². The Morgan fingerprint density at radius 1 is 1.11 bits per heavy atom. The Kier molecular flexibility index (Phi) is 5.71. The van der Waals surface area contributed by atoms with E-state index >= 15 is 0 Å². The highest BCUT2D eigenvalue weighted by atomic mass is 16.5. The SMILES string of the molecule is CCNC(CC)c1ccc(OC2CCCCC2)cc1. The van der Waals surface area contributed by atoms with Crippen LogP contribution in [0.2, 0.25) is 0 Å². The van der Waals surface area contributed by atoms with Gasteiger partial charge in [0.2, 0.25) is 0 Å². The average molecular weight is 261 g/mol. The standard InChI is InChI=1S/C17H27NO/c1-3-17(18-4-2)14-10-12-16(13-11-14)19-15-8-6-5-7-9-15/h10-13,15,17-18H,3-9H2,1-2H3. The molecule has 0 spiro atoms. The fraction of sp³-hybridized carbons (Fsp3) is 0.647. The lowest BCUT2D eigenvalue weighted by Crippen LogP contribution is -2.21. The smallest absolute Gasteiger partial charge is 0.119 e. The zero-order valence-corrected chi connectivity index (χ0v) is 12.3. The van der Waals surface area contributed by atoms with Crippen LogP contribution >= 0.6 is 0 Å². The van der Waals surface area contributed by atoms with E-state index < -0.39 is 0 Å². The largest absolute Gasteiger partial charge is 0.490 e. The third-order valence-electron chi connectivity index (χ3n) is 4.00. The van der Waals surface area contributed by atoms with Gasteiger partial charge in [0, 0.05) is 6.04 Å². The maximum Gasteiger partial charge on any atom is 0.119 e. The zero-order valence-electron chi connectivity index (χ0n) is 12.3. The lowest BCUT2D eigenvalue weighted by Gasteiger charge is -2.23. The van der Waals surface area contributed by atoms with Crippen molar-refractivity contribution in [3.05, 3.63) is 29.8 Å². The molecule has 0 bridgehead atoms. The first-order valence-electron chi connectivity index (χ1n) is 7.83. The van der Waals surface area contributed by atoms with E-state index in [4.69, 9.17) is 4.74 Å². The van der Waals surface area contributed by atoms with Crippen LogP contribution in [0.15, 0.2) is 24.3 Å². The Bertz CT molecular complexity index is 354. The highest BCUT2D eigenvalue weighted by Crippen LogP contribution is 2.25. The minimum Gasteiger partial charge on any atom is -0.490 e. The number of rotatable bonds is 6. The number of benzene rings is 1. The summed E-state index contributed by atoms with van der Waals surface area (Å²) in [5.41, 5.74) is 1.36. The summed E-state index contributed by atoms with van der Waals surface area (Å²) in [7, 11) is 0. The fourth-order valence-electron chi connectivity index (χ4n) is 2.90. The first-order chi connectivity index (χ1) is 9.33. The predicted molar refractivity (Wildman–Crippen MR) is 80.7 cm³/mol. The Morgan fingerprint density at radius 3 is 2.37 bits per heavy atom. The summed E-state index contributed by atoms with van der Waals surface area (Å²) in [6, 6.07) is 9.13. The molecular weight excluding hydrogens is 234 g/mol. The molecule has 1 unspecified atom stereocenters. The van der Waals surface area contributed by atoms with Crippen LogP contribution in [0.5, 0.6) is 5.75 Å². The van der Waals surface area contributed by atoms with E-state index in [1.54, 1.807) is 0 Å². The van der Waals surface area contributed by atoms with Gasteiger partial charge < -0.3 is 10.1 Å². The van der Waals surface area contributed by atoms with E-state index in [0.29, 0.717) is 12.1 Å². The summed E-state index contributed by atoms with van der Waals surface area (Å²) in [6.07, 6.45) is 8.02. The van der Waals surface area contributed by atoms with Gasteiger partial charge in [-0.15, -0.1) is 0 Å². The van der Waals surface area contributed by atoms with Gasteiger partial charge in [0.25, 0.3) is 0 Å². The summed E-state index contributed by atoms with van der Waals surface area (Å²) < 4.78 is 6.06. The minimum absolute atomic E-state index is 0.440. The molecule has 1 aromatic carbocycles. The maximum absolute atomic E-state index is 6.06. The lowest BCUT2D eigenvalue weighted by molar-refractivity contribution is 0.155. The van der Waals surface area contributed by atoms with Crippen LogP contribution in [-0.4, -0.2) is 12.6 Å². The maximum atomic E-state index is 6.06. The molecule has 1 atom stereocenters. The number of hydrogen-bond donors (Lipinski definition) is 1. The highest BCUT2D eigenvalue weighted by Gasteiger charge is 2.15. The van der Waals surface area contributed by atoms with Gasteiger partial charge in [-0.25, -0.2) is 0 Å². The van der Waals surface area contributed by atoms with E-state index in [1.165, 1.54) is 37.7 Å². The summed E-state index contributed by atoms with van der Waals surface area (Å²) in [4.78, 5) is 0. The monoisotopic (exact) mass is 261 g/mol.